The van der Waals surface area contributed by atoms with Crippen molar-refractivity contribution >= 4 is 5.82 Å². The molecule has 8 heteroatoms. The molecule has 2 aliphatic rings. The van der Waals surface area contributed by atoms with Gasteiger partial charge in [0.1, 0.15) is 24.3 Å². The van der Waals surface area contributed by atoms with Crippen molar-refractivity contribution in [3.05, 3.63) is 31.1 Å². The van der Waals surface area contributed by atoms with Crippen molar-refractivity contribution in [1.82, 2.24) is 24.4 Å². The molecule has 2 aliphatic heterocycles. The zero-order valence-electron chi connectivity index (χ0n) is 12.9. The van der Waals surface area contributed by atoms with Gasteiger partial charge in [-0.3, -0.25) is 9.47 Å². The van der Waals surface area contributed by atoms with Crippen LogP contribution in [0.2, 0.25) is 0 Å². The highest BCUT2D eigenvalue weighted by Crippen LogP contribution is 2.24. The fourth-order valence-electron chi connectivity index (χ4n) is 3.13. The molecule has 0 amide bonds. The summed E-state index contributed by atoms with van der Waals surface area (Å²) >= 11 is 0. The van der Waals surface area contributed by atoms with Gasteiger partial charge in [-0.2, -0.15) is 0 Å². The number of fused-ring (bicyclic) bond motifs is 1. The fraction of sp³-hybridized carbons (Fsp3) is 0.533. The second-order valence-corrected chi connectivity index (χ2v) is 5.90. The number of hydrogen-bond acceptors (Lipinski definition) is 7. The average Bonchev–Trinajstić information content (AvgIpc) is 3.15. The zero-order valence-corrected chi connectivity index (χ0v) is 12.9. The van der Waals surface area contributed by atoms with E-state index in [1.54, 1.807) is 18.9 Å². The normalized spacial score (nSPS) is 20.9. The van der Waals surface area contributed by atoms with Crippen molar-refractivity contribution < 1.29 is 9.47 Å². The van der Waals surface area contributed by atoms with Crippen LogP contribution in [0.1, 0.15) is 0 Å². The largest absolute Gasteiger partial charge is 0.378 e. The monoisotopic (exact) mass is 316 g/mol. The molecule has 0 aromatic carbocycles. The summed E-state index contributed by atoms with van der Waals surface area (Å²) in [4.78, 5) is 15.1. The van der Waals surface area contributed by atoms with Gasteiger partial charge in [0.25, 0.3) is 0 Å². The summed E-state index contributed by atoms with van der Waals surface area (Å²) in [7, 11) is 0. The Morgan fingerprint density at radius 3 is 2.74 bits per heavy atom. The molecule has 4 heterocycles. The van der Waals surface area contributed by atoms with Gasteiger partial charge in [0.05, 0.1) is 32.0 Å². The predicted molar refractivity (Wildman–Crippen MR) is 83.6 cm³/mol. The van der Waals surface area contributed by atoms with Crippen LogP contribution >= 0.6 is 0 Å². The van der Waals surface area contributed by atoms with E-state index in [0.717, 1.165) is 44.5 Å². The number of anilines is 1. The lowest BCUT2D eigenvalue weighted by atomic mass is 9.96. The van der Waals surface area contributed by atoms with Crippen molar-refractivity contribution in [2.45, 2.75) is 5.54 Å². The Morgan fingerprint density at radius 1 is 1.17 bits per heavy atom. The number of nitrogens with one attached hydrogen (secondary N) is 1. The zero-order chi connectivity index (χ0) is 15.5. The molecule has 2 aromatic heterocycles. The molecule has 0 radical (unpaired) electrons. The molecule has 0 bridgehead atoms. The van der Waals surface area contributed by atoms with Crippen LogP contribution in [0.5, 0.6) is 0 Å². The molecule has 0 aliphatic carbocycles. The van der Waals surface area contributed by atoms with Gasteiger partial charge in [-0.05, 0) is 0 Å². The number of aromatic nitrogens is 4. The van der Waals surface area contributed by atoms with Gasteiger partial charge in [-0.25, -0.2) is 15.0 Å². The van der Waals surface area contributed by atoms with Crippen molar-refractivity contribution in [3.63, 3.8) is 0 Å². The lowest BCUT2D eigenvalue weighted by Crippen LogP contribution is -2.66. The van der Waals surface area contributed by atoms with E-state index in [1.165, 1.54) is 0 Å². The molecule has 2 saturated heterocycles. The van der Waals surface area contributed by atoms with Gasteiger partial charge in [-0.15, -0.1) is 0 Å². The summed E-state index contributed by atoms with van der Waals surface area (Å²) in [5.41, 5.74) is -0.114. The van der Waals surface area contributed by atoms with E-state index in [4.69, 9.17) is 9.47 Å². The minimum atomic E-state index is -0.114. The third kappa shape index (κ3) is 2.92. The molecule has 122 valence electrons. The second-order valence-electron chi connectivity index (χ2n) is 5.90. The molecule has 4 rings (SSSR count). The maximum atomic E-state index is 5.71. The first-order chi connectivity index (χ1) is 11.4. The van der Waals surface area contributed by atoms with E-state index < -0.39 is 0 Å². The summed E-state index contributed by atoms with van der Waals surface area (Å²) in [5, 5.41) is 3.42. The molecule has 0 saturated carbocycles. The van der Waals surface area contributed by atoms with Crippen LogP contribution in [0.4, 0.5) is 5.82 Å². The molecule has 2 aromatic rings. The maximum absolute atomic E-state index is 5.71. The Bertz CT molecular complexity index is 635. The smallest absolute Gasteiger partial charge is 0.143 e. The average molecular weight is 316 g/mol. The van der Waals surface area contributed by atoms with E-state index in [1.807, 2.05) is 16.8 Å². The van der Waals surface area contributed by atoms with Gasteiger partial charge in [0, 0.05) is 38.1 Å². The first-order valence-electron chi connectivity index (χ1n) is 7.81. The highest BCUT2D eigenvalue weighted by molar-refractivity contribution is 5.41. The van der Waals surface area contributed by atoms with E-state index in [9.17, 15) is 0 Å². The molecular weight excluding hydrogens is 296 g/mol. The maximum Gasteiger partial charge on any atom is 0.143 e. The van der Waals surface area contributed by atoms with E-state index in [0.29, 0.717) is 13.2 Å². The number of morpholine rings is 2. The van der Waals surface area contributed by atoms with Crippen molar-refractivity contribution in [1.29, 1.82) is 0 Å². The van der Waals surface area contributed by atoms with Crippen LogP contribution in [0, 0.1) is 0 Å². The molecule has 0 spiro atoms. The Labute approximate surface area is 134 Å². The topological polar surface area (TPSA) is 77.3 Å². The van der Waals surface area contributed by atoms with Gasteiger partial charge >= 0.3 is 0 Å². The minimum absolute atomic E-state index is 0.114. The Hall–Kier alpha value is -2.03. The van der Waals surface area contributed by atoms with Gasteiger partial charge in [-0.1, -0.05) is 0 Å². The summed E-state index contributed by atoms with van der Waals surface area (Å²) in [6.45, 7) is 5.58. The molecule has 0 unspecified atom stereocenters. The first-order valence-corrected chi connectivity index (χ1v) is 7.81. The van der Waals surface area contributed by atoms with E-state index >= 15 is 0 Å². The SMILES string of the molecule is c1cn(-c2cc(NCC34COCCN3CCOC4)ncn2)cn1. The van der Waals surface area contributed by atoms with E-state index in [-0.39, 0.29) is 5.54 Å². The standard InChI is InChI=1S/C15H20N6O2/c1-2-20(12-16-1)14-7-13(18-11-19-14)17-8-15-9-22-5-3-21(15)4-6-23-10-15/h1-2,7,11-12H,3-6,8-10H2,(H,17,18,19). The molecule has 2 fully saturated rings. The lowest BCUT2D eigenvalue weighted by molar-refractivity contribution is -0.135. The number of imidazole rings is 1. The summed E-state index contributed by atoms with van der Waals surface area (Å²) in [6, 6.07) is 1.91. The number of hydrogen-bond donors (Lipinski definition) is 1. The summed E-state index contributed by atoms with van der Waals surface area (Å²) in [6.07, 6.45) is 6.86. The van der Waals surface area contributed by atoms with Crippen molar-refractivity contribution in [2.24, 2.45) is 0 Å². The highest BCUT2D eigenvalue weighted by atomic mass is 16.5. The van der Waals surface area contributed by atoms with Crippen molar-refractivity contribution in [3.8, 4) is 5.82 Å². The number of ether oxygens (including phenoxy) is 2. The van der Waals surface area contributed by atoms with Crippen LogP contribution in [0.3, 0.4) is 0 Å². The lowest BCUT2D eigenvalue weighted by Gasteiger charge is -2.49. The third-order valence-corrected chi connectivity index (χ3v) is 4.44. The third-order valence-electron chi connectivity index (χ3n) is 4.44. The first kappa shape index (κ1) is 14.6. The van der Waals surface area contributed by atoms with Gasteiger partial charge in [0.2, 0.25) is 0 Å². The number of nitrogens with zero attached hydrogens (tertiary/aromatic N) is 5. The summed E-state index contributed by atoms with van der Waals surface area (Å²) < 4.78 is 13.3. The predicted octanol–water partition coefficient (Wildman–Crippen LogP) is 0.175. The Kier molecular flexibility index (Phi) is 3.94. The fourth-order valence-corrected chi connectivity index (χ4v) is 3.13. The van der Waals surface area contributed by atoms with Gasteiger partial charge in [0.15, 0.2) is 0 Å². The van der Waals surface area contributed by atoms with Gasteiger partial charge < -0.3 is 14.8 Å². The molecule has 1 N–H and O–H groups in total. The minimum Gasteiger partial charge on any atom is -0.378 e. The molecular formula is C15H20N6O2. The van der Waals surface area contributed by atoms with Crippen LogP contribution in [-0.2, 0) is 9.47 Å². The Balaban J connectivity index is 1.49. The molecule has 23 heavy (non-hydrogen) atoms. The second kappa shape index (κ2) is 6.23. The Morgan fingerprint density at radius 2 is 2.00 bits per heavy atom. The van der Waals surface area contributed by atoms with Crippen molar-refractivity contribution in [2.75, 3.05) is 51.4 Å². The highest BCUT2D eigenvalue weighted by Gasteiger charge is 2.42. The number of rotatable bonds is 4. The summed E-state index contributed by atoms with van der Waals surface area (Å²) in [5.74, 6) is 1.57. The van der Waals surface area contributed by atoms with Crippen LogP contribution < -0.4 is 5.32 Å². The van der Waals surface area contributed by atoms with Crippen LogP contribution in [0.15, 0.2) is 31.1 Å². The molecule has 0 atom stereocenters. The van der Waals surface area contributed by atoms with Crippen LogP contribution in [-0.4, -0.2) is 76.0 Å². The van der Waals surface area contributed by atoms with Crippen LogP contribution in [0.25, 0.3) is 5.82 Å². The van der Waals surface area contributed by atoms with E-state index in [2.05, 4.69) is 25.2 Å². The molecule has 8 nitrogen and oxygen atoms in total. The quantitative estimate of drug-likeness (QED) is 0.862.